The maximum absolute atomic E-state index is 12.3. The molecule has 0 aromatic rings. The van der Waals surface area contributed by atoms with Crippen LogP contribution >= 0.6 is 0 Å². The molecule has 0 amide bonds. The van der Waals surface area contributed by atoms with Gasteiger partial charge in [0.05, 0.1) is 0 Å². The van der Waals surface area contributed by atoms with Gasteiger partial charge in [0, 0.05) is 0 Å². The van der Waals surface area contributed by atoms with E-state index in [1.54, 1.807) is 0 Å². The monoisotopic (exact) mass is 195 g/mol. The molecule has 0 aromatic carbocycles. The molecule has 1 atom stereocenters. The summed E-state index contributed by atoms with van der Waals surface area (Å²) in [6, 6.07) is -1.38. The van der Waals surface area contributed by atoms with Crippen molar-refractivity contribution in [3.8, 4) is 0 Å². The number of hydrogen-bond donors (Lipinski definition) is 1. The summed E-state index contributed by atoms with van der Waals surface area (Å²) in [5.41, 5.74) is 0. The van der Waals surface area contributed by atoms with Crippen molar-refractivity contribution in [3.05, 3.63) is 12.7 Å². The number of allylic oxidation sites excluding steroid dienone is 1. The fraction of sp³-hybridized carbons (Fsp3) is 0.778. The van der Waals surface area contributed by atoms with Crippen LogP contribution in [0.5, 0.6) is 0 Å². The maximum Gasteiger partial charge on any atom is 0.403 e. The van der Waals surface area contributed by atoms with E-state index in [2.05, 4.69) is 11.9 Å². The molecule has 0 saturated carbocycles. The van der Waals surface area contributed by atoms with E-state index in [0.29, 0.717) is 19.4 Å². The third-order valence-corrected chi connectivity index (χ3v) is 1.70. The third-order valence-electron chi connectivity index (χ3n) is 1.70. The van der Waals surface area contributed by atoms with Crippen LogP contribution in [-0.4, -0.2) is 18.8 Å². The van der Waals surface area contributed by atoms with E-state index in [-0.39, 0.29) is 6.42 Å². The Morgan fingerprint density at radius 1 is 1.46 bits per heavy atom. The Balaban J connectivity index is 3.95. The number of alkyl halides is 3. The van der Waals surface area contributed by atoms with Gasteiger partial charge >= 0.3 is 6.18 Å². The number of rotatable bonds is 6. The van der Waals surface area contributed by atoms with E-state index in [4.69, 9.17) is 0 Å². The van der Waals surface area contributed by atoms with Crippen LogP contribution in [0.1, 0.15) is 26.2 Å². The van der Waals surface area contributed by atoms with Crippen molar-refractivity contribution in [2.24, 2.45) is 0 Å². The molecule has 0 aromatic heterocycles. The minimum Gasteiger partial charge on any atom is -0.306 e. The van der Waals surface area contributed by atoms with Gasteiger partial charge in [-0.1, -0.05) is 13.0 Å². The molecule has 0 fully saturated rings. The van der Waals surface area contributed by atoms with Gasteiger partial charge in [0.1, 0.15) is 6.04 Å². The highest BCUT2D eigenvalue weighted by Crippen LogP contribution is 2.23. The summed E-state index contributed by atoms with van der Waals surface area (Å²) in [5.74, 6) is 0. The molecule has 0 rings (SSSR count). The molecule has 0 aliphatic carbocycles. The maximum atomic E-state index is 12.3. The topological polar surface area (TPSA) is 12.0 Å². The third kappa shape index (κ3) is 5.69. The molecule has 4 heteroatoms. The van der Waals surface area contributed by atoms with Crippen LogP contribution in [0.15, 0.2) is 12.7 Å². The minimum atomic E-state index is -4.14. The summed E-state index contributed by atoms with van der Waals surface area (Å²) in [4.78, 5) is 0. The zero-order valence-electron chi connectivity index (χ0n) is 7.82. The summed E-state index contributed by atoms with van der Waals surface area (Å²) in [6.07, 6.45) is -1.46. The van der Waals surface area contributed by atoms with Crippen molar-refractivity contribution >= 4 is 0 Å². The van der Waals surface area contributed by atoms with Crippen molar-refractivity contribution in [1.29, 1.82) is 0 Å². The summed E-state index contributed by atoms with van der Waals surface area (Å²) < 4.78 is 36.8. The van der Waals surface area contributed by atoms with Gasteiger partial charge in [-0.15, -0.1) is 6.58 Å². The van der Waals surface area contributed by atoms with Gasteiger partial charge in [0.15, 0.2) is 0 Å². The van der Waals surface area contributed by atoms with Gasteiger partial charge in [0.2, 0.25) is 0 Å². The molecule has 1 nitrogen and oxygen atoms in total. The second-order valence-corrected chi connectivity index (χ2v) is 2.91. The lowest BCUT2D eigenvalue weighted by atomic mass is 10.1. The van der Waals surface area contributed by atoms with Crippen molar-refractivity contribution in [3.63, 3.8) is 0 Å². The Bertz CT molecular complexity index is 142. The fourth-order valence-electron chi connectivity index (χ4n) is 0.985. The van der Waals surface area contributed by atoms with Crippen molar-refractivity contribution in [2.75, 3.05) is 6.54 Å². The SMILES string of the molecule is C=CCCC(NCCC)C(F)(F)F. The fourth-order valence-corrected chi connectivity index (χ4v) is 0.985. The van der Waals surface area contributed by atoms with Crippen LogP contribution in [0.25, 0.3) is 0 Å². The lowest BCUT2D eigenvalue weighted by Gasteiger charge is -2.20. The predicted molar refractivity (Wildman–Crippen MR) is 47.6 cm³/mol. The Hall–Kier alpha value is -0.510. The van der Waals surface area contributed by atoms with Crippen molar-refractivity contribution < 1.29 is 13.2 Å². The van der Waals surface area contributed by atoms with E-state index in [1.807, 2.05) is 6.92 Å². The number of hydrogen-bond acceptors (Lipinski definition) is 1. The van der Waals surface area contributed by atoms with E-state index in [9.17, 15) is 13.2 Å². The normalized spacial score (nSPS) is 14.2. The standard InChI is InChI=1S/C9H16F3N/c1-3-5-6-8(9(10,11)12)13-7-4-2/h3,8,13H,1,4-7H2,2H3. The minimum absolute atomic E-state index is 0.0764. The molecular weight excluding hydrogens is 179 g/mol. The van der Waals surface area contributed by atoms with Crippen LogP contribution in [-0.2, 0) is 0 Å². The van der Waals surface area contributed by atoms with Gasteiger partial charge in [-0.2, -0.15) is 13.2 Å². The zero-order valence-corrected chi connectivity index (χ0v) is 7.82. The summed E-state index contributed by atoms with van der Waals surface area (Å²) in [6.45, 7) is 5.65. The summed E-state index contributed by atoms with van der Waals surface area (Å²) in [7, 11) is 0. The molecule has 0 spiro atoms. The molecule has 0 saturated heterocycles. The highest BCUT2D eigenvalue weighted by molar-refractivity contribution is 4.79. The molecule has 0 radical (unpaired) electrons. The molecule has 13 heavy (non-hydrogen) atoms. The summed E-state index contributed by atoms with van der Waals surface area (Å²) >= 11 is 0. The van der Waals surface area contributed by atoms with Crippen LogP contribution < -0.4 is 5.32 Å². The smallest absolute Gasteiger partial charge is 0.306 e. The Labute approximate surface area is 77.0 Å². The molecule has 0 heterocycles. The molecular formula is C9H16F3N. The first kappa shape index (κ1) is 12.5. The highest BCUT2D eigenvalue weighted by Gasteiger charge is 2.38. The Morgan fingerprint density at radius 3 is 2.46 bits per heavy atom. The first-order valence-electron chi connectivity index (χ1n) is 4.43. The van der Waals surface area contributed by atoms with Gasteiger partial charge in [-0.25, -0.2) is 0 Å². The van der Waals surface area contributed by atoms with Crippen LogP contribution in [0.2, 0.25) is 0 Å². The van der Waals surface area contributed by atoms with Crippen LogP contribution in [0.3, 0.4) is 0 Å². The second kappa shape index (κ2) is 6.02. The van der Waals surface area contributed by atoms with Crippen molar-refractivity contribution in [1.82, 2.24) is 5.32 Å². The predicted octanol–water partition coefficient (Wildman–Crippen LogP) is 2.88. The lowest BCUT2D eigenvalue weighted by molar-refractivity contribution is -0.156. The molecule has 78 valence electrons. The lowest BCUT2D eigenvalue weighted by Crippen LogP contribution is -2.42. The average Bonchev–Trinajstić information content (AvgIpc) is 2.02. The molecule has 1 unspecified atom stereocenters. The Kier molecular flexibility index (Phi) is 5.79. The first-order valence-corrected chi connectivity index (χ1v) is 4.43. The van der Waals surface area contributed by atoms with E-state index < -0.39 is 12.2 Å². The number of halogens is 3. The second-order valence-electron chi connectivity index (χ2n) is 2.91. The molecule has 1 N–H and O–H groups in total. The first-order chi connectivity index (χ1) is 6.02. The van der Waals surface area contributed by atoms with Gasteiger partial charge < -0.3 is 5.32 Å². The Morgan fingerprint density at radius 2 is 2.08 bits per heavy atom. The number of nitrogens with one attached hydrogen (secondary N) is 1. The molecule has 0 bridgehead atoms. The largest absolute Gasteiger partial charge is 0.403 e. The van der Waals surface area contributed by atoms with Gasteiger partial charge in [-0.05, 0) is 25.8 Å². The van der Waals surface area contributed by atoms with Crippen LogP contribution in [0, 0.1) is 0 Å². The van der Waals surface area contributed by atoms with E-state index >= 15 is 0 Å². The highest BCUT2D eigenvalue weighted by atomic mass is 19.4. The molecule has 0 aliphatic heterocycles. The quantitative estimate of drug-likeness (QED) is 0.642. The van der Waals surface area contributed by atoms with Crippen LogP contribution in [0.4, 0.5) is 13.2 Å². The molecule has 0 aliphatic rings. The van der Waals surface area contributed by atoms with Crippen molar-refractivity contribution in [2.45, 2.75) is 38.4 Å². The van der Waals surface area contributed by atoms with E-state index in [1.165, 1.54) is 6.08 Å². The zero-order chi connectivity index (χ0) is 10.3. The average molecular weight is 195 g/mol. The summed E-state index contributed by atoms with van der Waals surface area (Å²) in [5, 5.41) is 2.47. The van der Waals surface area contributed by atoms with Gasteiger partial charge in [0.25, 0.3) is 0 Å². The van der Waals surface area contributed by atoms with Gasteiger partial charge in [-0.3, -0.25) is 0 Å². The van der Waals surface area contributed by atoms with E-state index in [0.717, 1.165) is 0 Å².